The predicted octanol–water partition coefficient (Wildman–Crippen LogP) is 4.32. The first-order chi connectivity index (χ1) is 7.34. The molecule has 0 aliphatic carbocycles. The number of unbranched alkanes of at least 4 members (excludes halogenated alkanes) is 4. The molecule has 0 radical (unpaired) electrons. The second-order valence-corrected chi connectivity index (χ2v) is 3.93. The van der Waals surface area contributed by atoms with Gasteiger partial charge in [-0.15, -0.1) is 0 Å². The minimum Gasteiger partial charge on any atom is -0.0979 e. The van der Waals surface area contributed by atoms with Crippen LogP contribution in [0.15, 0.2) is 24.3 Å². The fourth-order valence-corrected chi connectivity index (χ4v) is 1.51. The van der Waals surface area contributed by atoms with Crippen molar-refractivity contribution in [3.05, 3.63) is 35.4 Å². The lowest BCUT2D eigenvalue weighted by atomic mass is 10.1. The summed E-state index contributed by atoms with van der Waals surface area (Å²) in [6.45, 7) is 4.35. The van der Waals surface area contributed by atoms with E-state index in [1.54, 1.807) is 0 Å². The van der Waals surface area contributed by atoms with Crippen LogP contribution in [0.25, 0.3) is 0 Å². The first-order valence-electron chi connectivity index (χ1n) is 5.89. The van der Waals surface area contributed by atoms with Gasteiger partial charge in [-0.1, -0.05) is 56.2 Å². The molecule has 0 amide bonds. The van der Waals surface area contributed by atoms with Crippen molar-refractivity contribution in [2.75, 3.05) is 0 Å². The highest BCUT2D eigenvalue weighted by Gasteiger charge is 1.90. The molecule has 1 aromatic rings. The van der Waals surface area contributed by atoms with Crippen LogP contribution in [0, 0.1) is 18.8 Å². The molecule has 0 aliphatic heterocycles. The van der Waals surface area contributed by atoms with Gasteiger partial charge in [0.25, 0.3) is 0 Å². The SMILES string of the molecule is CCCCCCC#Cc1ccccc1C. The third-order valence-corrected chi connectivity index (χ3v) is 2.52. The van der Waals surface area contributed by atoms with E-state index in [9.17, 15) is 0 Å². The Morgan fingerprint density at radius 2 is 1.87 bits per heavy atom. The molecule has 0 aliphatic rings. The Labute approximate surface area is 93.7 Å². The van der Waals surface area contributed by atoms with Crippen molar-refractivity contribution in [2.45, 2.75) is 46.0 Å². The normalized spacial score (nSPS) is 9.47. The molecule has 0 spiro atoms. The van der Waals surface area contributed by atoms with E-state index in [4.69, 9.17) is 0 Å². The molecule has 0 heterocycles. The summed E-state index contributed by atoms with van der Waals surface area (Å²) in [5.74, 6) is 6.49. The monoisotopic (exact) mass is 200 g/mol. The zero-order valence-corrected chi connectivity index (χ0v) is 9.84. The number of aryl methyl sites for hydroxylation is 1. The fraction of sp³-hybridized carbons (Fsp3) is 0.467. The van der Waals surface area contributed by atoms with Gasteiger partial charge in [-0.3, -0.25) is 0 Å². The van der Waals surface area contributed by atoms with Crippen LogP contribution in [0.2, 0.25) is 0 Å². The van der Waals surface area contributed by atoms with Crippen molar-refractivity contribution in [2.24, 2.45) is 0 Å². The van der Waals surface area contributed by atoms with Gasteiger partial charge < -0.3 is 0 Å². The number of benzene rings is 1. The number of hydrogen-bond donors (Lipinski definition) is 0. The second kappa shape index (κ2) is 7.12. The molecule has 0 saturated heterocycles. The van der Waals surface area contributed by atoms with E-state index in [2.05, 4.69) is 43.9 Å². The highest BCUT2D eigenvalue weighted by molar-refractivity contribution is 5.40. The van der Waals surface area contributed by atoms with Gasteiger partial charge in [-0.25, -0.2) is 0 Å². The lowest BCUT2D eigenvalue weighted by Crippen LogP contribution is -1.80. The van der Waals surface area contributed by atoms with E-state index in [0.717, 1.165) is 6.42 Å². The molecule has 0 N–H and O–H groups in total. The van der Waals surface area contributed by atoms with Crippen molar-refractivity contribution in [1.82, 2.24) is 0 Å². The molecule has 80 valence electrons. The van der Waals surface area contributed by atoms with Gasteiger partial charge in [-0.05, 0) is 25.0 Å². The molecule has 0 atom stereocenters. The van der Waals surface area contributed by atoms with Crippen molar-refractivity contribution in [3.63, 3.8) is 0 Å². The topological polar surface area (TPSA) is 0 Å². The summed E-state index contributed by atoms with van der Waals surface area (Å²) in [7, 11) is 0. The molecule has 0 bridgehead atoms. The maximum Gasteiger partial charge on any atom is 0.0274 e. The van der Waals surface area contributed by atoms with Gasteiger partial charge in [-0.2, -0.15) is 0 Å². The largest absolute Gasteiger partial charge is 0.0979 e. The molecule has 0 unspecified atom stereocenters. The lowest BCUT2D eigenvalue weighted by Gasteiger charge is -1.95. The smallest absolute Gasteiger partial charge is 0.0274 e. The molecule has 0 saturated carbocycles. The van der Waals surface area contributed by atoms with Crippen LogP contribution in [0.3, 0.4) is 0 Å². The molecule has 15 heavy (non-hydrogen) atoms. The summed E-state index contributed by atoms with van der Waals surface area (Å²) in [6, 6.07) is 8.31. The molecular weight excluding hydrogens is 180 g/mol. The summed E-state index contributed by atoms with van der Waals surface area (Å²) in [4.78, 5) is 0. The predicted molar refractivity (Wildman–Crippen MR) is 66.8 cm³/mol. The zero-order chi connectivity index (χ0) is 10.9. The van der Waals surface area contributed by atoms with Crippen LogP contribution in [0.5, 0.6) is 0 Å². The third-order valence-electron chi connectivity index (χ3n) is 2.52. The number of rotatable bonds is 4. The molecule has 1 aromatic carbocycles. The first kappa shape index (κ1) is 11.9. The van der Waals surface area contributed by atoms with E-state index in [0.29, 0.717) is 0 Å². The van der Waals surface area contributed by atoms with Crippen molar-refractivity contribution >= 4 is 0 Å². The van der Waals surface area contributed by atoms with Gasteiger partial charge in [0, 0.05) is 12.0 Å². The average Bonchev–Trinajstić information content (AvgIpc) is 2.25. The van der Waals surface area contributed by atoms with Crippen LogP contribution >= 0.6 is 0 Å². The summed E-state index contributed by atoms with van der Waals surface area (Å²) in [5.41, 5.74) is 2.45. The molecule has 0 heteroatoms. The lowest BCUT2D eigenvalue weighted by molar-refractivity contribution is 0.679. The zero-order valence-electron chi connectivity index (χ0n) is 9.84. The Kier molecular flexibility index (Phi) is 5.63. The van der Waals surface area contributed by atoms with Gasteiger partial charge in [0.1, 0.15) is 0 Å². The Hall–Kier alpha value is -1.22. The molecule has 0 nitrogen and oxygen atoms in total. The van der Waals surface area contributed by atoms with E-state index >= 15 is 0 Å². The van der Waals surface area contributed by atoms with E-state index < -0.39 is 0 Å². The summed E-state index contributed by atoms with van der Waals surface area (Å²) >= 11 is 0. The van der Waals surface area contributed by atoms with Gasteiger partial charge in [0.2, 0.25) is 0 Å². The Morgan fingerprint density at radius 1 is 1.07 bits per heavy atom. The molecular formula is C15H20. The quantitative estimate of drug-likeness (QED) is 0.501. The van der Waals surface area contributed by atoms with Crippen molar-refractivity contribution in [3.8, 4) is 11.8 Å². The summed E-state index contributed by atoms with van der Waals surface area (Å²) in [5, 5.41) is 0. The maximum atomic E-state index is 3.25. The Balaban J connectivity index is 2.35. The van der Waals surface area contributed by atoms with Crippen LogP contribution < -0.4 is 0 Å². The van der Waals surface area contributed by atoms with E-state index in [1.165, 1.54) is 36.8 Å². The Morgan fingerprint density at radius 3 is 2.60 bits per heavy atom. The number of hydrogen-bond acceptors (Lipinski definition) is 0. The summed E-state index contributed by atoms with van der Waals surface area (Å²) < 4.78 is 0. The van der Waals surface area contributed by atoms with Crippen LogP contribution in [-0.4, -0.2) is 0 Å². The van der Waals surface area contributed by atoms with Gasteiger partial charge in [0.15, 0.2) is 0 Å². The van der Waals surface area contributed by atoms with E-state index in [-0.39, 0.29) is 0 Å². The van der Waals surface area contributed by atoms with Crippen LogP contribution in [-0.2, 0) is 0 Å². The molecule has 1 rings (SSSR count). The third kappa shape index (κ3) is 4.70. The highest BCUT2D eigenvalue weighted by atomic mass is 13.9. The minimum absolute atomic E-state index is 1.04. The van der Waals surface area contributed by atoms with Crippen molar-refractivity contribution in [1.29, 1.82) is 0 Å². The van der Waals surface area contributed by atoms with Crippen LogP contribution in [0.1, 0.15) is 50.2 Å². The van der Waals surface area contributed by atoms with Crippen LogP contribution in [0.4, 0.5) is 0 Å². The highest BCUT2D eigenvalue weighted by Crippen LogP contribution is 2.05. The Bertz CT molecular complexity index is 339. The van der Waals surface area contributed by atoms with Crippen molar-refractivity contribution < 1.29 is 0 Å². The maximum absolute atomic E-state index is 3.25. The van der Waals surface area contributed by atoms with Gasteiger partial charge >= 0.3 is 0 Å². The summed E-state index contributed by atoms with van der Waals surface area (Å²) in [6.07, 6.45) is 6.23. The second-order valence-electron chi connectivity index (χ2n) is 3.93. The molecule has 0 fully saturated rings. The first-order valence-corrected chi connectivity index (χ1v) is 5.89. The fourth-order valence-electron chi connectivity index (χ4n) is 1.51. The molecule has 0 aromatic heterocycles. The average molecular weight is 200 g/mol. The van der Waals surface area contributed by atoms with Gasteiger partial charge in [0.05, 0.1) is 0 Å². The standard InChI is InChI=1S/C15H20/c1-3-4-5-6-7-8-12-15-13-10-9-11-14(15)2/h9-11,13H,3-7H2,1-2H3. The van der Waals surface area contributed by atoms with E-state index in [1.807, 2.05) is 6.07 Å². The minimum atomic E-state index is 1.04.